The smallest absolute Gasteiger partial charge is 0.241 e. The SMILES string of the molecule is COc1cccc(-c2noc(CN(C)Cc3ccccc3F)n2)c1. The fourth-order valence-corrected chi connectivity index (χ4v) is 2.40. The number of aromatic nitrogens is 2. The number of halogens is 1. The van der Waals surface area contributed by atoms with Crippen LogP contribution < -0.4 is 4.74 Å². The summed E-state index contributed by atoms with van der Waals surface area (Å²) in [5, 5.41) is 4.00. The van der Waals surface area contributed by atoms with Crippen molar-refractivity contribution in [1.29, 1.82) is 0 Å². The number of ether oxygens (including phenoxy) is 1. The minimum Gasteiger partial charge on any atom is -0.497 e. The van der Waals surface area contributed by atoms with E-state index in [-0.39, 0.29) is 5.82 Å². The molecule has 0 fully saturated rings. The van der Waals surface area contributed by atoms with Gasteiger partial charge in [0.05, 0.1) is 13.7 Å². The Morgan fingerprint density at radius 3 is 2.75 bits per heavy atom. The standard InChI is InChI=1S/C18H18FN3O2/c1-22(11-14-6-3-4-9-16(14)19)12-17-20-18(21-24-17)13-7-5-8-15(10-13)23-2/h3-10H,11-12H2,1-2H3. The normalized spacial score (nSPS) is 11.0. The highest BCUT2D eigenvalue weighted by Gasteiger charge is 2.12. The van der Waals surface area contributed by atoms with Crippen LogP contribution in [0.25, 0.3) is 11.4 Å². The van der Waals surface area contributed by atoms with Crippen molar-refractivity contribution in [3.8, 4) is 17.1 Å². The van der Waals surface area contributed by atoms with E-state index in [1.54, 1.807) is 19.2 Å². The highest BCUT2D eigenvalue weighted by molar-refractivity contribution is 5.56. The van der Waals surface area contributed by atoms with Gasteiger partial charge in [-0.3, -0.25) is 4.90 Å². The molecule has 2 aromatic carbocycles. The van der Waals surface area contributed by atoms with Crippen LogP contribution in [-0.4, -0.2) is 29.2 Å². The van der Waals surface area contributed by atoms with E-state index in [2.05, 4.69) is 10.1 Å². The average molecular weight is 327 g/mol. The zero-order chi connectivity index (χ0) is 16.9. The van der Waals surface area contributed by atoms with E-state index in [0.29, 0.717) is 30.4 Å². The second-order valence-electron chi connectivity index (χ2n) is 5.51. The molecule has 124 valence electrons. The first kappa shape index (κ1) is 16.1. The molecule has 0 spiro atoms. The van der Waals surface area contributed by atoms with E-state index in [0.717, 1.165) is 11.3 Å². The average Bonchev–Trinajstić information content (AvgIpc) is 3.05. The monoisotopic (exact) mass is 327 g/mol. The van der Waals surface area contributed by atoms with Gasteiger partial charge in [0.1, 0.15) is 11.6 Å². The maximum atomic E-state index is 13.7. The van der Waals surface area contributed by atoms with Crippen molar-refractivity contribution in [1.82, 2.24) is 15.0 Å². The molecule has 0 amide bonds. The third-order valence-corrected chi connectivity index (χ3v) is 3.60. The highest BCUT2D eigenvalue weighted by Crippen LogP contribution is 2.21. The second kappa shape index (κ2) is 7.23. The Morgan fingerprint density at radius 2 is 1.96 bits per heavy atom. The molecule has 0 radical (unpaired) electrons. The van der Waals surface area contributed by atoms with Crippen LogP contribution in [-0.2, 0) is 13.1 Å². The molecule has 0 saturated heterocycles. The second-order valence-corrected chi connectivity index (χ2v) is 5.51. The summed E-state index contributed by atoms with van der Waals surface area (Å²) < 4.78 is 24.2. The van der Waals surface area contributed by atoms with E-state index >= 15 is 0 Å². The Labute approximate surface area is 139 Å². The Balaban J connectivity index is 1.68. The lowest BCUT2D eigenvalue weighted by Crippen LogP contribution is -2.18. The summed E-state index contributed by atoms with van der Waals surface area (Å²) in [6, 6.07) is 14.2. The first-order chi connectivity index (χ1) is 11.7. The molecule has 0 aliphatic rings. The van der Waals surface area contributed by atoms with E-state index in [1.807, 2.05) is 42.3 Å². The van der Waals surface area contributed by atoms with E-state index < -0.39 is 0 Å². The fraction of sp³-hybridized carbons (Fsp3) is 0.222. The molecule has 0 aliphatic heterocycles. The molecule has 5 nitrogen and oxygen atoms in total. The number of nitrogens with zero attached hydrogens (tertiary/aromatic N) is 3. The summed E-state index contributed by atoms with van der Waals surface area (Å²) in [6.45, 7) is 0.898. The van der Waals surface area contributed by atoms with Gasteiger partial charge < -0.3 is 9.26 Å². The largest absolute Gasteiger partial charge is 0.497 e. The van der Waals surface area contributed by atoms with Crippen LogP contribution >= 0.6 is 0 Å². The minimum absolute atomic E-state index is 0.216. The number of hydrogen-bond acceptors (Lipinski definition) is 5. The highest BCUT2D eigenvalue weighted by atomic mass is 19.1. The number of rotatable bonds is 6. The molecule has 3 aromatic rings. The van der Waals surface area contributed by atoms with Gasteiger partial charge in [-0.1, -0.05) is 35.5 Å². The predicted molar refractivity (Wildman–Crippen MR) is 87.9 cm³/mol. The number of hydrogen-bond donors (Lipinski definition) is 0. The van der Waals surface area contributed by atoms with Gasteiger partial charge in [0, 0.05) is 17.7 Å². The third kappa shape index (κ3) is 3.78. The van der Waals surface area contributed by atoms with Crippen LogP contribution in [0.3, 0.4) is 0 Å². The molecule has 1 aromatic heterocycles. The quantitative estimate of drug-likeness (QED) is 0.693. The van der Waals surface area contributed by atoms with Crippen LogP contribution in [0.15, 0.2) is 53.1 Å². The summed E-state index contributed by atoms with van der Waals surface area (Å²) in [7, 11) is 3.49. The lowest BCUT2D eigenvalue weighted by atomic mass is 10.2. The van der Waals surface area contributed by atoms with E-state index in [4.69, 9.17) is 9.26 Å². The molecule has 0 saturated carbocycles. The summed E-state index contributed by atoms with van der Waals surface area (Å²) in [4.78, 5) is 6.31. The minimum atomic E-state index is -0.216. The molecular formula is C18H18FN3O2. The van der Waals surface area contributed by atoms with Gasteiger partial charge in [-0.15, -0.1) is 0 Å². The molecule has 0 aliphatic carbocycles. The van der Waals surface area contributed by atoms with Crippen molar-refractivity contribution in [2.24, 2.45) is 0 Å². The lowest BCUT2D eigenvalue weighted by molar-refractivity contribution is 0.258. The Hall–Kier alpha value is -2.73. The first-order valence-corrected chi connectivity index (χ1v) is 7.54. The molecule has 0 atom stereocenters. The zero-order valence-electron chi connectivity index (χ0n) is 13.6. The Kier molecular flexibility index (Phi) is 4.86. The van der Waals surface area contributed by atoms with E-state index in [9.17, 15) is 4.39 Å². The molecule has 24 heavy (non-hydrogen) atoms. The van der Waals surface area contributed by atoms with Crippen molar-refractivity contribution in [3.05, 3.63) is 65.8 Å². The van der Waals surface area contributed by atoms with Crippen molar-refractivity contribution in [2.45, 2.75) is 13.1 Å². The van der Waals surface area contributed by atoms with Gasteiger partial charge in [-0.05, 0) is 25.2 Å². The van der Waals surface area contributed by atoms with Gasteiger partial charge in [0.15, 0.2) is 0 Å². The molecular weight excluding hydrogens is 309 g/mol. The van der Waals surface area contributed by atoms with Crippen LogP contribution in [0.2, 0.25) is 0 Å². The van der Waals surface area contributed by atoms with Gasteiger partial charge in [0.25, 0.3) is 0 Å². The van der Waals surface area contributed by atoms with Crippen LogP contribution in [0, 0.1) is 5.82 Å². The first-order valence-electron chi connectivity index (χ1n) is 7.54. The zero-order valence-corrected chi connectivity index (χ0v) is 13.6. The molecule has 0 N–H and O–H groups in total. The third-order valence-electron chi connectivity index (χ3n) is 3.60. The number of methoxy groups -OCH3 is 1. The van der Waals surface area contributed by atoms with Crippen LogP contribution in [0.1, 0.15) is 11.5 Å². The summed E-state index contributed by atoms with van der Waals surface area (Å²) in [5.74, 6) is 1.50. The maximum absolute atomic E-state index is 13.7. The van der Waals surface area contributed by atoms with Crippen molar-refractivity contribution in [2.75, 3.05) is 14.2 Å². The lowest BCUT2D eigenvalue weighted by Gasteiger charge is -2.14. The fourth-order valence-electron chi connectivity index (χ4n) is 2.40. The van der Waals surface area contributed by atoms with Gasteiger partial charge in [0.2, 0.25) is 11.7 Å². The predicted octanol–water partition coefficient (Wildman–Crippen LogP) is 3.52. The molecule has 0 unspecified atom stereocenters. The molecule has 6 heteroatoms. The molecule has 1 heterocycles. The number of benzene rings is 2. The van der Waals surface area contributed by atoms with Crippen LogP contribution in [0.4, 0.5) is 4.39 Å². The summed E-state index contributed by atoms with van der Waals surface area (Å²) >= 11 is 0. The van der Waals surface area contributed by atoms with Crippen molar-refractivity contribution in [3.63, 3.8) is 0 Å². The molecule has 3 rings (SSSR count). The summed E-state index contributed by atoms with van der Waals surface area (Å²) in [5.41, 5.74) is 1.45. The van der Waals surface area contributed by atoms with Crippen molar-refractivity contribution < 1.29 is 13.7 Å². The molecule has 0 bridgehead atoms. The van der Waals surface area contributed by atoms with Crippen molar-refractivity contribution >= 4 is 0 Å². The Bertz CT molecular complexity index is 819. The Morgan fingerprint density at radius 1 is 1.12 bits per heavy atom. The topological polar surface area (TPSA) is 51.4 Å². The van der Waals surface area contributed by atoms with Gasteiger partial charge in [-0.2, -0.15) is 4.98 Å². The van der Waals surface area contributed by atoms with E-state index in [1.165, 1.54) is 6.07 Å². The van der Waals surface area contributed by atoms with Gasteiger partial charge >= 0.3 is 0 Å². The van der Waals surface area contributed by atoms with Gasteiger partial charge in [-0.25, -0.2) is 4.39 Å². The maximum Gasteiger partial charge on any atom is 0.241 e. The van der Waals surface area contributed by atoms with Crippen LogP contribution in [0.5, 0.6) is 5.75 Å². The summed E-state index contributed by atoms with van der Waals surface area (Å²) in [6.07, 6.45) is 0.